The van der Waals surface area contributed by atoms with E-state index >= 15 is 0 Å². The monoisotopic (exact) mass is 592 g/mol. The highest BCUT2D eigenvalue weighted by Gasteiger charge is 2.26. The first-order chi connectivity index (χ1) is 18.7. The largest absolute Gasteiger partial charge is 0.496 e. The number of anilines is 3. The van der Waals surface area contributed by atoms with E-state index in [1.807, 2.05) is 36.2 Å². The van der Waals surface area contributed by atoms with E-state index in [1.54, 1.807) is 24.3 Å². The van der Waals surface area contributed by atoms with Gasteiger partial charge >= 0.3 is 0 Å². The molecule has 1 saturated heterocycles. The summed E-state index contributed by atoms with van der Waals surface area (Å²) in [6.45, 7) is 5.46. The Morgan fingerprint density at radius 2 is 1.79 bits per heavy atom. The number of para-hydroxylation sites is 1. The number of piperidine rings is 1. The number of aryl methyl sites for hydroxylation is 1. The van der Waals surface area contributed by atoms with Crippen molar-refractivity contribution < 1.29 is 19.1 Å². The summed E-state index contributed by atoms with van der Waals surface area (Å²) in [6, 6.07) is 15.8. The molecule has 4 rings (SSSR count). The lowest BCUT2D eigenvalue weighted by Crippen LogP contribution is -2.40. The number of primary amides is 1. The number of amides is 1. The zero-order chi connectivity index (χ0) is 28.1. The van der Waals surface area contributed by atoms with Gasteiger partial charge in [0.1, 0.15) is 18.1 Å². The van der Waals surface area contributed by atoms with Crippen LogP contribution in [0.25, 0.3) is 0 Å². The Balaban J connectivity index is 1.85. The summed E-state index contributed by atoms with van der Waals surface area (Å²) in [5, 5.41) is 1.91. The van der Waals surface area contributed by atoms with E-state index in [4.69, 9.17) is 10.5 Å². The van der Waals surface area contributed by atoms with Crippen LogP contribution in [0.5, 0.6) is 5.75 Å². The van der Waals surface area contributed by atoms with Crippen LogP contribution in [0.1, 0.15) is 64.1 Å². The van der Waals surface area contributed by atoms with Crippen molar-refractivity contribution in [1.82, 2.24) is 5.43 Å². The Labute approximate surface area is 237 Å². The fourth-order valence-corrected chi connectivity index (χ4v) is 5.51. The molecule has 1 fully saturated rings. The third-order valence-corrected chi connectivity index (χ3v) is 7.68. The van der Waals surface area contributed by atoms with Gasteiger partial charge in [-0.25, -0.2) is 5.43 Å². The first kappa shape index (κ1) is 28.3. The van der Waals surface area contributed by atoms with Crippen LogP contribution in [0.3, 0.4) is 0 Å². The Morgan fingerprint density at radius 1 is 1.10 bits per heavy atom. The minimum absolute atomic E-state index is 0.0257. The number of ketones is 1. The highest BCUT2D eigenvalue weighted by Crippen LogP contribution is 2.39. The number of carbonyl (C=O) groups is 3. The smallest absolute Gasteiger partial charge is 0.252 e. The van der Waals surface area contributed by atoms with E-state index in [9.17, 15) is 14.4 Å². The molecule has 1 unspecified atom stereocenters. The fraction of sp³-hybridized carbons (Fsp3) is 0.300. The van der Waals surface area contributed by atoms with E-state index in [0.717, 1.165) is 54.8 Å². The molecule has 0 radical (unpaired) electrons. The van der Waals surface area contributed by atoms with Crippen molar-refractivity contribution in [2.75, 3.05) is 30.1 Å². The van der Waals surface area contributed by atoms with Crippen molar-refractivity contribution in [2.24, 2.45) is 5.73 Å². The average molecular weight is 594 g/mol. The van der Waals surface area contributed by atoms with Gasteiger partial charge in [-0.1, -0.05) is 28.1 Å². The number of halogens is 1. The molecule has 1 aliphatic rings. The second-order valence-electron chi connectivity index (χ2n) is 9.61. The number of carbonyl (C=O) groups excluding carboxylic acids is 3. The molecule has 3 aromatic carbocycles. The van der Waals surface area contributed by atoms with Gasteiger partial charge in [-0.3, -0.25) is 14.6 Å². The van der Waals surface area contributed by atoms with E-state index in [-0.39, 0.29) is 17.1 Å². The number of benzene rings is 3. The summed E-state index contributed by atoms with van der Waals surface area (Å²) in [5.74, 6) is -0.383. The number of hydrogen-bond acceptors (Lipinski definition) is 7. The normalized spacial score (nSPS) is 14.0. The molecule has 1 amide bonds. The minimum atomic E-state index is -0.823. The Morgan fingerprint density at radius 3 is 2.38 bits per heavy atom. The maximum absolute atomic E-state index is 12.6. The van der Waals surface area contributed by atoms with Gasteiger partial charge in [-0.05, 0) is 86.7 Å². The van der Waals surface area contributed by atoms with Crippen molar-refractivity contribution >= 4 is 51.0 Å². The predicted molar refractivity (Wildman–Crippen MR) is 157 cm³/mol. The van der Waals surface area contributed by atoms with Gasteiger partial charge in [0.2, 0.25) is 0 Å². The van der Waals surface area contributed by atoms with E-state index < -0.39 is 11.9 Å². The molecule has 0 saturated carbocycles. The standard InChI is InChI=1S/C30H33BrN4O4/c1-19-8-7-9-27(34-14-5-4-6-15-34)29(19)35(22-12-10-21(11-13-22)20(2)37)33-26(18-36)23-17-28(39-3)24(30(32)38)16-25(23)31/h7-13,16-18,26,33H,4-6,14-15H2,1-3H3,(H2,32,38). The molecule has 1 atom stereocenters. The van der Waals surface area contributed by atoms with Gasteiger partial charge in [0, 0.05) is 23.1 Å². The lowest BCUT2D eigenvalue weighted by Gasteiger charge is -2.37. The second-order valence-corrected chi connectivity index (χ2v) is 10.5. The van der Waals surface area contributed by atoms with Crippen LogP contribution in [0, 0.1) is 6.92 Å². The molecule has 39 heavy (non-hydrogen) atoms. The lowest BCUT2D eigenvalue weighted by atomic mass is 10.0. The Hall–Kier alpha value is -3.69. The molecule has 1 aliphatic heterocycles. The topological polar surface area (TPSA) is 105 Å². The molecule has 1 heterocycles. The molecule has 3 aromatic rings. The van der Waals surface area contributed by atoms with E-state index in [1.165, 1.54) is 20.5 Å². The van der Waals surface area contributed by atoms with Crippen LogP contribution in [-0.2, 0) is 4.79 Å². The Kier molecular flexibility index (Phi) is 9.04. The van der Waals surface area contributed by atoms with Crippen LogP contribution in [-0.4, -0.2) is 38.2 Å². The zero-order valence-corrected chi connectivity index (χ0v) is 24.0. The molecular weight excluding hydrogens is 560 g/mol. The summed E-state index contributed by atoms with van der Waals surface area (Å²) in [4.78, 5) is 38.9. The molecule has 0 aromatic heterocycles. The van der Waals surface area contributed by atoms with Crippen LogP contribution in [0.15, 0.2) is 59.1 Å². The quantitative estimate of drug-likeness (QED) is 0.178. The fourth-order valence-electron chi connectivity index (χ4n) is 4.92. The number of methoxy groups -OCH3 is 1. The van der Waals surface area contributed by atoms with Crippen LogP contribution >= 0.6 is 15.9 Å². The molecular formula is C30H33BrN4O4. The van der Waals surface area contributed by atoms with E-state index in [2.05, 4.69) is 32.3 Å². The minimum Gasteiger partial charge on any atom is -0.496 e. The summed E-state index contributed by atoms with van der Waals surface area (Å²) in [6.07, 6.45) is 4.24. The van der Waals surface area contributed by atoms with Gasteiger partial charge in [-0.15, -0.1) is 0 Å². The van der Waals surface area contributed by atoms with Crippen LogP contribution in [0.2, 0.25) is 0 Å². The highest BCUT2D eigenvalue weighted by molar-refractivity contribution is 9.10. The molecule has 9 heteroatoms. The number of nitrogens with zero attached hydrogens (tertiary/aromatic N) is 2. The number of Topliss-reactive ketones (excluding diaryl/α,β-unsaturated/α-hetero) is 1. The first-order valence-corrected chi connectivity index (χ1v) is 13.7. The predicted octanol–water partition coefficient (Wildman–Crippen LogP) is 5.64. The maximum atomic E-state index is 12.6. The third kappa shape index (κ3) is 6.15. The first-order valence-electron chi connectivity index (χ1n) is 12.9. The van der Waals surface area contributed by atoms with E-state index in [0.29, 0.717) is 15.6 Å². The van der Waals surface area contributed by atoms with Gasteiger partial charge < -0.3 is 20.2 Å². The number of hydrazine groups is 1. The van der Waals surface area contributed by atoms with Crippen LogP contribution < -0.4 is 25.8 Å². The zero-order valence-electron chi connectivity index (χ0n) is 22.4. The molecule has 0 aliphatic carbocycles. The van der Waals surface area contributed by atoms with Crippen molar-refractivity contribution in [3.05, 3.63) is 81.3 Å². The maximum Gasteiger partial charge on any atom is 0.252 e. The van der Waals surface area contributed by atoms with Gasteiger partial charge in [0.15, 0.2) is 5.78 Å². The van der Waals surface area contributed by atoms with Gasteiger partial charge in [-0.2, -0.15) is 0 Å². The summed E-state index contributed by atoms with van der Waals surface area (Å²) in [7, 11) is 1.45. The number of nitrogens with one attached hydrogen (secondary N) is 1. The van der Waals surface area contributed by atoms with Crippen LogP contribution in [0.4, 0.5) is 17.1 Å². The number of hydrogen-bond donors (Lipinski definition) is 2. The second kappa shape index (κ2) is 12.4. The van der Waals surface area contributed by atoms with Gasteiger partial charge in [0.05, 0.1) is 29.7 Å². The van der Waals surface area contributed by atoms with Gasteiger partial charge in [0.25, 0.3) is 5.91 Å². The summed E-state index contributed by atoms with van der Waals surface area (Å²) in [5.41, 5.74) is 14.1. The van der Waals surface area contributed by atoms with Crippen molar-refractivity contribution in [3.8, 4) is 5.75 Å². The Bertz CT molecular complexity index is 1370. The summed E-state index contributed by atoms with van der Waals surface area (Å²) >= 11 is 3.51. The van der Waals surface area contributed by atoms with Crippen molar-refractivity contribution in [2.45, 2.75) is 39.2 Å². The SMILES string of the molecule is COc1cc(C(C=O)NN(c2ccc(C(C)=O)cc2)c2c(C)cccc2N2CCCCC2)c(Br)cc1C(N)=O. The number of aldehydes is 1. The third-order valence-electron chi connectivity index (χ3n) is 6.99. The average Bonchev–Trinajstić information content (AvgIpc) is 2.94. The molecule has 8 nitrogen and oxygen atoms in total. The molecule has 0 spiro atoms. The van der Waals surface area contributed by atoms with Crippen molar-refractivity contribution in [1.29, 1.82) is 0 Å². The highest BCUT2D eigenvalue weighted by atomic mass is 79.9. The molecule has 3 N–H and O–H groups in total. The number of rotatable bonds is 10. The molecule has 204 valence electrons. The lowest BCUT2D eigenvalue weighted by molar-refractivity contribution is -0.109. The number of ether oxygens (including phenoxy) is 1. The number of nitrogens with two attached hydrogens (primary N) is 1. The summed E-state index contributed by atoms with van der Waals surface area (Å²) < 4.78 is 5.94. The van der Waals surface area contributed by atoms with Crippen molar-refractivity contribution in [3.63, 3.8) is 0 Å². The molecule has 0 bridgehead atoms.